The molecule has 1 aromatic carbocycles. The Bertz CT molecular complexity index is 1220. The third-order valence-corrected chi connectivity index (χ3v) is 6.20. The van der Waals surface area contributed by atoms with Crippen LogP contribution in [0.5, 0.6) is 5.75 Å². The lowest BCUT2D eigenvalue weighted by Crippen LogP contribution is -2.44. The minimum absolute atomic E-state index is 0.00276. The lowest BCUT2D eigenvalue weighted by molar-refractivity contribution is 0.0126. The molecule has 3 heterocycles. The van der Waals surface area contributed by atoms with Crippen molar-refractivity contribution in [3.05, 3.63) is 59.3 Å². The van der Waals surface area contributed by atoms with Crippen LogP contribution in [0.2, 0.25) is 0 Å². The van der Waals surface area contributed by atoms with E-state index in [9.17, 15) is 9.59 Å². The van der Waals surface area contributed by atoms with Crippen molar-refractivity contribution in [2.75, 3.05) is 13.1 Å². The van der Waals surface area contributed by atoms with Crippen LogP contribution < -0.4 is 10.3 Å². The van der Waals surface area contributed by atoms with Crippen molar-refractivity contribution in [1.29, 1.82) is 0 Å². The molecular formula is C28H35N3O4. The third kappa shape index (κ3) is 6.02. The van der Waals surface area contributed by atoms with Crippen molar-refractivity contribution < 1.29 is 14.3 Å². The van der Waals surface area contributed by atoms with Gasteiger partial charge in [-0.05, 0) is 56.3 Å². The summed E-state index contributed by atoms with van der Waals surface area (Å²) < 4.78 is 13.5. The Hall–Kier alpha value is -3.35. The molecule has 1 aliphatic rings. The van der Waals surface area contributed by atoms with Gasteiger partial charge in [0.25, 0.3) is 5.56 Å². The number of likely N-dealkylation sites (tertiary alicyclic amines) is 1. The summed E-state index contributed by atoms with van der Waals surface area (Å²) in [4.78, 5) is 31.1. The lowest BCUT2D eigenvalue weighted by Gasteiger charge is -2.33. The van der Waals surface area contributed by atoms with E-state index in [0.29, 0.717) is 25.0 Å². The summed E-state index contributed by atoms with van der Waals surface area (Å²) in [5.41, 5.74) is 1.55. The molecule has 3 aromatic rings. The highest BCUT2D eigenvalue weighted by Gasteiger charge is 2.27. The number of piperidine rings is 1. The number of amides is 1. The van der Waals surface area contributed by atoms with Crippen LogP contribution in [-0.2, 0) is 11.3 Å². The van der Waals surface area contributed by atoms with Gasteiger partial charge < -0.3 is 18.9 Å². The molecule has 0 spiro atoms. The summed E-state index contributed by atoms with van der Waals surface area (Å²) in [6.07, 6.45) is 8.64. The molecule has 0 unspecified atom stereocenters. The first kappa shape index (κ1) is 24.8. The Kier molecular flexibility index (Phi) is 7.43. The number of fused-ring (bicyclic) bond motifs is 1. The number of ether oxygens (including phenoxy) is 2. The molecular weight excluding hydrogens is 442 g/mol. The predicted molar refractivity (Wildman–Crippen MR) is 138 cm³/mol. The minimum atomic E-state index is -0.489. The fourth-order valence-electron chi connectivity index (χ4n) is 4.35. The van der Waals surface area contributed by atoms with Crippen LogP contribution in [0.25, 0.3) is 21.9 Å². The number of benzene rings is 1. The molecule has 1 saturated heterocycles. The van der Waals surface area contributed by atoms with Crippen molar-refractivity contribution in [3.8, 4) is 16.9 Å². The van der Waals surface area contributed by atoms with Crippen molar-refractivity contribution >= 4 is 16.9 Å². The molecule has 0 aliphatic carbocycles. The lowest BCUT2D eigenvalue weighted by atomic mass is 10.0. The quantitative estimate of drug-likeness (QED) is 0.459. The van der Waals surface area contributed by atoms with Gasteiger partial charge in [0.15, 0.2) is 0 Å². The van der Waals surface area contributed by atoms with Gasteiger partial charge >= 0.3 is 6.09 Å². The largest absolute Gasteiger partial charge is 0.490 e. The zero-order chi connectivity index (χ0) is 25.0. The van der Waals surface area contributed by atoms with Gasteiger partial charge in [-0.25, -0.2) is 4.79 Å². The second-order valence-corrected chi connectivity index (χ2v) is 10.1. The maximum Gasteiger partial charge on any atom is 0.410 e. The van der Waals surface area contributed by atoms with E-state index in [1.54, 1.807) is 21.9 Å². The smallest absolute Gasteiger partial charge is 0.410 e. The molecule has 7 heteroatoms. The molecule has 0 radical (unpaired) electrons. The van der Waals surface area contributed by atoms with E-state index in [0.717, 1.165) is 47.9 Å². The van der Waals surface area contributed by atoms with E-state index in [-0.39, 0.29) is 17.8 Å². The summed E-state index contributed by atoms with van der Waals surface area (Å²) >= 11 is 0. The van der Waals surface area contributed by atoms with Gasteiger partial charge in [0.05, 0.1) is 5.39 Å². The van der Waals surface area contributed by atoms with Gasteiger partial charge in [-0.15, -0.1) is 0 Å². The van der Waals surface area contributed by atoms with E-state index >= 15 is 0 Å². The first-order valence-electron chi connectivity index (χ1n) is 12.5. The summed E-state index contributed by atoms with van der Waals surface area (Å²) in [5, 5.41) is 1.54. The molecule has 2 aromatic heterocycles. The van der Waals surface area contributed by atoms with Crippen molar-refractivity contribution in [1.82, 2.24) is 14.5 Å². The molecule has 0 saturated carbocycles. The highest BCUT2D eigenvalue weighted by atomic mass is 16.6. The number of nitrogens with zero attached hydrogens (tertiary/aromatic N) is 3. The van der Waals surface area contributed by atoms with Crippen LogP contribution in [0, 0.1) is 0 Å². The molecule has 1 aliphatic heterocycles. The Labute approximate surface area is 206 Å². The number of hydrogen-bond donors (Lipinski definition) is 0. The molecule has 7 nitrogen and oxygen atoms in total. The number of carbonyl (C=O) groups excluding carboxylic acids is 1. The zero-order valence-electron chi connectivity index (χ0n) is 21.1. The maximum absolute atomic E-state index is 12.9. The number of aromatic nitrogens is 2. The third-order valence-electron chi connectivity index (χ3n) is 6.20. The van der Waals surface area contributed by atoms with Gasteiger partial charge in [0, 0.05) is 56.6 Å². The van der Waals surface area contributed by atoms with Crippen molar-refractivity contribution in [2.45, 2.75) is 71.6 Å². The van der Waals surface area contributed by atoms with Crippen LogP contribution in [0.4, 0.5) is 4.79 Å². The number of rotatable bonds is 6. The van der Waals surface area contributed by atoms with Crippen LogP contribution in [-0.4, -0.2) is 45.3 Å². The molecule has 0 atom stereocenters. The van der Waals surface area contributed by atoms with E-state index in [2.05, 4.69) is 11.9 Å². The summed E-state index contributed by atoms with van der Waals surface area (Å²) in [6, 6.07) is 9.93. The molecule has 1 amide bonds. The average Bonchev–Trinajstić information content (AvgIpc) is 2.84. The Morgan fingerprint density at radius 3 is 2.46 bits per heavy atom. The first-order chi connectivity index (χ1) is 16.7. The monoisotopic (exact) mass is 477 g/mol. The number of unbranched alkanes of at least 4 members (excludes halogenated alkanes) is 1. The standard InChI is InChI=1S/C28H35N3O4/c1-5-6-15-31-19-25(23-11-14-29-18-24(23)26(31)32)20-7-9-21(10-8-20)34-22-12-16-30(17-13-22)27(33)35-28(2,3)4/h7-11,14,18-19,22H,5-6,12-13,15-17H2,1-4H3. The Morgan fingerprint density at radius 2 is 1.80 bits per heavy atom. The number of pyridine rings is 2. The van der Waals surface area contributed by atoms with Crippen LogP contribution >= 0.6 is 0 Å². The van der Waals surface area contributed by atoms with E-state index in [1.807, 2.05) is 57.3 Å². The van der Waals surface area contributed by atoms with Crippen LogP contribution in [0.15, 0.2) is 53.7 Å². The molecule has 35 heavy (non-hydrogen) atoms. The number of aryl methyl sites for hydroxylation is 1. The highest BCUT2D eigenvalue weighted by molar-refractivity contribution is 5.95. The maximum atomic E-state index is 12.9. The summed E-state index contributed by atoms with van der Waals surface area (Å²) in [5.74, 6) is 0.801. The van der Waals surface area contributed by atoms with Crippen LogP contribution in [0.1, 0.15) is 53.4 Å². The number of carbonyl (C=O) groups is 1. The van der Waals surface area contributed by atoms with Crippen molar-refractivity contribution in [3.63, 3.8) is 0 Å². The van der Waals surface area contributed by atoms with Crippen LogP contribution in [0.3, 0.4) is 0 Å². The summed E-state index contributed by atoms with van der Waals surface area (Å²) in [7, 11) is 0. The Morgan fingerprint density at radius 1 is 1.09 bits per heavy atom. The van der Waals surface area contributed by atoms with Gasteiger partial charge in [-0.1, -0.05) is 25.5 Å². The Balaban J connectivity index is 1.46. The molecule has 0 N–H and O–H groups in total. The molecule has 1 fully saturated rings. The van der Waals surface area contributed by atoms with Crippen molar-refractivity contribution in [2.24, 2.45) is 0 Å². The zero-order valence-corrected chi connectivity index (χ0v) is 21.1. The fourth-order valence-corrected chi connectivity index (χ4v) is 4.35. The highest BCUT2D eigenvalue weighted by Crippen LogP contribution is 2.29. The van der Waals surface area contributed by atoms with Gasteiger partial charge in [-0.3, -0.25) is 9.78 Å². The topological polar surface area (TPSA) is 73.7 Å². The first-order valence-corrected chi connectivity index (χ1v) is 12.5. The minimum Gasteiger partial charge on any atom is -0.490 e. The molecule has 186 valence electrons. The fraction of sp³-hybridized carbons (Fsp3) is 0.464. The normalized spacial score (nSPS) is 14.8. The van der Waals surface area contributed by atoms with E-state index in [4.69, 9.17) is 9.47 Å². The second-order valence-electron chi connectivity index (χ2n) is 10.1. The second kappa shape index (κ2) is 10.5. The summed E-state index contributed by atoms with van der Waals surface area (Å²) in [6.45, 7) is 9.69. The SMILES string of the molecule is CCCCn1cc(-c2ccc(OC3CCN(C(=O)OC(C)(C)C)CC3)cc2)c2ccncc2c1=O. The predicted octanol–water partition coefficient (Wildman–Crippen LogP) is 5.64. The van der Waals surface area contributed by atoms with E-state index < -0.39 is 5.60 Å². The van der Waals surface area contributed by atoms with Gasteiger partial charge in [-0.2, -0.15) is 0 Å². The number of hydrogen-bond acceptors (Lipinski definition) is 5. The molecule has 4 rings (SSSR count). The van der Waals surface area contributed by atoms with Gasteiger partial charge in [0.1, 0.15) is 17.5 Å². The van der Waals surface area contributed by atoms with Gasteiger partial charge in [0.2, 0.25) is 0 Å². The average molecular weight is 478 g/mol. The molecule has 0 bridgehead atoms. The van der Waals surface area contributed by atoms with E-state index in [1.165, 1.54) is 0 Å².